The summed E-state index contributed by atoms with van der Waals surface area (Å²) in [6.45, 7) is 1.84. The van der Waals surface area contributed by atoms with E-state index >= 15 is 0 Å². The second-order valence-corrected chi connectivity index (χ2v) is 8.62. The van der Waals surface area contributed by atoms with Gasteiger partial charge in [-0.15, -0.1) is 0 Å². The Hall–Kier alpha value is -4.93. The first-order valence-corrected chi connectivity index (χ1v) is 12.0. The lowest BCUT2D eigenvalue weighted by Crippen LogP contribution is -2.50. The third kappa shape index (κ3) is 4.85. The number of aromatic nitrogens is 4. The Morgan fingerprint density at radius 1 is 0.868 bits per heavy atom. The zero-order valence-electron chi connectivity index (χ0n) is 21.0. The number of H-pyrrole nitrogens is 1. The second kappa shape index (κ2) is 10.6. The molecule has 0 radical (unpaired) electrons. The molecule has 1 fully saturated rings. The maximum absolute atomic E-state index is 13.3. The number of carbonyl (C=O) groups excluding carboxylic acids is 1. The van der Waals surface area contributed by atoms with E-state index in [0.717, 1.165) is 27.4 Å². The summed E-state index contributed by atoms with van der Waals surface area (Å²) in [5, 5.41) is 0. The molecule has 3 heterocycles. The van der Waals surface area contributed by atoms with Crippen LogP contribution in [-0.4, -0.2) is 70.7 Å². The molecule has 38 heavy (non-hydrogen) atoms. The SMILES string of the molecule is COc1ccc(-c2cc(N3CCN(C(=O)c4c[nH]c(=O)n(-c5ccc(OC)cc5)c4=O)CC3)ncn2)cc1. The number of nitrogens with zero attached hydrogens (tertiary/aromatic N) is 5. The van der Waals surface area contributed by atoms with Gasteiger partial charge in [0.05, 0.1) is 25.6 Å². The van der Waals surface area contributed by atoms with Gasteiger partial charge in [-0.3, -0.25) is 9.59 Å². The molecule has 0 saturated carbocycles. The van der Waals surface area contributed by atoms with Crippen LogP contribution in [0, 0.1) is 0 Å². The fourth-order valence-corrected chi connectivity index (χ4v) is 4.34. The summed E-state index contributed by atoms with van der Waals surface area (Å²) < 4.78 is 11.3. The summed E-state index contributed by atoms with van der Waals surface area (Å²) in [6.07, 6.45) is 2.71. The molecule has 11 nitrogen and oxygen atoms in total. The number of ether oxygens (including phenoxy) is 2. The molecule has 2 aromatic heterocycles. The highest BCUT2D eigenvalue weighted by molar-refractivity contribution is 5.93. The van der Waals surface area contributed by atoms with Crippen molar-refractivity contribution in [1.29, 1.82) is 0 Å². The van der Waals surface area contributed by atoms with Crippen molar-refractivity contribution >= 4 is 11.7 Å². The van der Waals surface area contributed by atoms with Gasteiger partial charge in [-0.05, 0) is 48.5 Å². The van der Waals surface area contributed by atoms with E-state index in [-0.39, 0.29) is 5.56 Å². The van der Waals surface area contributed by atoms with E-state index in [2.05, 4.69) is 19.9 Å². The van der Waals surface area contributed by atoms with Crippen LogP contribution in [0.5, 0.6) is 11.5 Å². The Morgan fingerprint density at radius 2 is 1.50 bits per heavy atom. The minimum Gasteiger partial charge on any atom is -0.497 e. The van der Waals surface area contributed by atoms with Crippen molar-refractivity contribution in [3.05, 3.63) is 93.5 Å². The van der Waals surface area contributed by atoms with Crippen molar-refractivity contribution in [2.24, 2.45) is 0 Å². The quantitative estimate of drug-likeness (QED) is 0.414. The summed E-state index contributed by atoms with van der Waals surface area (Å²) in [4.78, 5) is 53.9. The van der Waals surface area contributed by atoms with Crippen molar-refractivity contribution in [3.8, 4) is 28.4 Å². The summed E-state index contributed by atoms with van der Waals surface area (Å²) in [7, 11) is 3.15. The smallest absolute Gasteiger partial charge is 0.333 e. The zero-order valence-corrected chi connectivity index (χ0v) is 21.0. The topological polar surface area (TPSA) is 123 Å². The van der Waals surface area contributed by atoms with Gasteiger partial charge in [0.25, 0.3) is 11.5 Å². The third-order valence-corrected chi connectivity index (χ3v) is 6.47. The highest BCUT2D eigenvalue weighted by Crippen LogP contribution is 2.24. The fraction of sp³-hybridized carbons (Fsp3) is 0.222. The van der Waals surface area contributed by atoms with Crippen molar-refractivity contribution in [2.75, 3.05) is 45.3 Å². The molecule has 194 valence electrons. The van der Waals surface area contributed by atoms with Gasteiger partial charge in [0.1, 0.15) is 29.2 Å². The van der Waals surface area contributed by atoms with E-state index in [1.54, 1.807) is 36.3 Å². The first kappa shape index (κ1) is 24.8. The Morgan fingerprint density at radius 3 is 2.13 bits per heavy atom. The van der Waals surface area contributed by atoms with Gasteiger partial charge in [0.15, 0.2) is 0 Å². The molecule has 5 rings (SSSR count). The molecule has 1 saturated heterocycles. The molecule has 1 aliphatic rings. The van der Waals surface area contributed by atoms with Crippen molar-refractivity contribution < 1.29 is 14.3 Å². The van der Waals surface area contributed by atoms with E-state index in [1.807, 2.05) is 30.3 Å². The van der Waals surface area contributed by atoms with Gasteiger partial charge in [-0.25, -0.2) is 19.3 Å². The molecular weight excluding hydrogens is 488 g/mol. The maximum atomic E-state index is 13.3. The van der Waals surface area contributed by atoms with Gasteiger partial charge < -0.3 is 24.3 Å². The van der Waals surface area contributed by atoms with E-state index in [4.69, 9.17) is 9.47 Å². The van der Waals surface area contributed by atoms with Crippen LogP contribution in [0.2, 0.25) is 0 Å². The number of hydrogen-bond donors (Lipinski definition) is 1. The van der Waals surface area contributed by atoms with Crippen molar-refractivity contribution in [2.45, 2.75) is 0 Å². The van der Waals surface area contributed by atoms with Crippen molar-refractivity contribution in [1.82, 2.24) is 24.4 Å². The monoisotopic (exact) mass is 514 g/mol. The Kier molecular flexibility index (Phi) is 6.90. The summed E-state index contributed by atoms with van der Waals surface area (Å²) >= 11 is 0. The van der Waals surface area contributed by atoms with Gasteiger partial charge in [-0.1, -0.05) is 0 Å². The largest absolute Gasteiger partial charge is 0.497 e. The fourth-order valence-electron chi connectivity index (χ4n) is 4.34. The predicted octanol–water partition coefficient (Wildman–Crippen LogP) is 1.96. The third-order valence-electron chi connectivity index (χ3n) is 6.47. The van der Waals surface area contributed by atoms with Crippen LogP contribution in [0.4, 0.5) is 5.82 Å². The summed E-state index contributed by atoms with van der Waals surface area (Å²) in [5.41, 5.74) is 0.660. The van der Waals surface area contributed by atoms with Crippen LogP contribution in [0.3, 0.4) is 0 Å². The van der Waals surface area contributed by atoms with Crippen LogP contribution in [0.15, 0.2) is 76.7 Å². The number of nitrogens with one attached hydrogen (secondary N) is 1. The van der Waals surface area contributed by atoms with E-state index in [9.17, 15) is 14.4 Å². The number of piperazine rings is 1. The summed E-state index contributed by atoms with van der Waals surface area (Å²) in [5.74, 6) is 1.67. The predicted molar refractivity (Wildman–Crippen MR) is 141 cm³/mol. The molecule has 4 aromatic rings. The molecule has 1 aliphatic heterocycles. The van der Waals surface area contributed by atoms with Gasteiger partial charge in [0, 0.05) is 44.0 Å². The highest BCUT2D eigenvalue weighted by atomic mass is 16.5. The normalized spacial score (nSPS) is 13.3. The zero-order chi connectivity index (χ0) is 26.6. The average Bonchev–Trinajstić information content (AvgIpc) is 2.97. The van der Waals surface area contributed by atoms with Crippen LogP contribution < -0.4 is 25.6 Å². The number of carbonyl (C=O) groups is 1. The molecular formula is C27H26N6O5. The van der Waals surface area contributed by atoms with Crippen LogP contribution >= 0.6 is 0 Å². The summed E-state index contributed by atoms with van der Waals surface area (Å²) in [6, 6.07) is 16.0. The Bertz CT molecular complexity index is 1550. The minimum absolute atomic E-state index is 0.0994. The Balaban J connectivity index is 1.31. The number of hydrogen-bond acceptors (Lipinski definition) is 8. The first-order chi connectivity index (χ1) is 18.5. The molecule has 0 unspecified atom stereocenters. The number of amides is 1. The second-order valence-electron chi connectivity index (χ2n) is 8.62. The number of anilines is 1. The van der Waals surface area contributed by atoms with Crippen LogP contribution in [0.25, 0.3) is 16.9 Å². The molecule has 11 heteroatoms. The molecule has 0 aliphatic carbocycles. The molecule has 1 N–H and O–H groups in total. The molecule has 2 aromatic carbocycles. The van der Waals surface area contributed by atoms with Crippen LogP contribution in [0.1, 0.15) is 10.4 Å². The first-order valence-electron chi connectivity index (χ1n) is 12.0. The van der Waals surface area contributed by atoms with Crippen molar-refractivity contribution in [3.63, 3.8) is 0 Å². The average molecular weight is 515 g/mol. The van der Waals surface area contributed by atoms with E-state index in [0.29, 0.717) is 37.6 Å². The molecule has 0 atom stereocenters. The molecule has 1 amide bonds. The highest BCUT2D eigenvalue weighted by Gasteiger charge is 2.26. The Labute approximate surface area is 217 Å². The van der Waals surface area contributed by atoms with Crippen LogP contribution in [-0.2, 0) is 0 Å². The maximum Gasteiger partial charge on any atom is 0.333 e. The number of benzene rings is 2. The molecule has 0 bridgehead atoms. The number of rotatable bonds is 6. The van der Waals surface area contributed by atoms with Gasteiger partial charge in [-0.2, -0.15) is 0 Å². The van der Waals surface area contributed by atoms with Gasteiger partial charge in [0.2, 0.25) is 0 Å². The van der Waals surface area contributed by atoms with Gasteiger partial charge >= 0.3 is 5.69 Å². The van der Waals surface area contributed by atoms with E-state index in [1.165, 1.54) is 19.6 Å². The number of aromatic amines is 1. The molecule has 0 spiro atoms. The standard InChI is InChI=1S/C27H26N6O5/c1-37-20-7-3-18(4-8-20)23-15-24(30-17-29-23)31-11-13-32(14-12-31)25(34)22-16-28-27(36)33(26(22)35)19-5-9-21(38-2)10-6-19/h3-10,15-17H,11-14H2,1-2H3,(H,28,36). The lowest BCUT2D eigenvalue weighted by atomic mass is 10.1. The number of methoxy groups -OCH3 is 2. The van der Waals surface area contributed by atoms with E-state index < -0.39 is 17.2 Å². The lowest BCUT2D eigenvalue weighted by molar-refractivity contribution is 0.0743. The lowest BCUT2D eigenvalue weighted by Gasteiger charge is -2.35. The minimum atomic E-state index is -0.675.